The monoisotopic (exact) mass is 336 g/mol. The molecule has 0 bridgehead atoms. The molecule has 0 radical (unpaired) electrons. The van der Waals surface area contributed by atoms with Gasteiger partial charge in [-0.25, -0.2) is 0 Å². The van der Waals surface area contributed by atoms with E-state index >= 15 is 0 Å². The fourth-order valence-electron chi connectivity index (χ4n) is 3.12. The van der Waals surface area contributed by atoms with Crippen LogP contribution in [-0.2, 0) is 11.3 Å². The van der Waals surface area contributed by atoms with Crippen LogP contribution in [0.2, 0.25) is 0 Å². The van der Waals surface area contributed by atoms with Gasteiger partial charge in [-0.2, -0.15) is 0 Å². The van der Waals surface area contributed by atoms with Crippen molar-refractivity contribution in [2.24, 2.45) is 0 Å². The molecule has 1 unspecified atom stereocenters. The van der Waals surface area contributed by atoms with E-state index in [0.717, 1.165) is 5.56 Å². The lowest BCUT2D eigenvalue weighted by Gasteiger charge is -2.29. The lowest BCUT2D eigenvalue weighted by atomic mass is 10.1. The van der Waals surface area contributed by atoms with Gasteiger partial charge < -0.3 is 10.0 Å². The number of amides is 2. The van der Waals surface area contributed by atoms with Crippen LogP contribution in [0.25, 0.3) is 5.70 Å². The number of carbonyl (C=O) groups excluding carboxylic acids is 2. The second-order valence-electron chi connectivity index (χ2n) is 6.17. The van der Waals surface area contributed by atoms with Gasteiger partial charge in [0, 0.05) is 36.0 Å². The number of rotatable bonds is 4. The summed E-state index contributed by atoms with van der Waals surface area (Å²) in [5, 5.41) is 9.88. The van der Waals surface area contributed by atoms with E-state index in [2.05, 4.69) is 6.58 Å². The Hall–Kier alpha value is -3.08. The Morgan fingerprint density at radius 1 is 1.16 bits per heavy atom. The molecule has 1 heterocycles. The van der Waals surface area contributed by atoms with E-state index in [1.54, 1.807) is 50.4 Å². The number of likely N-dealkylation sites (N-methyl/N-ethyl adjacent to an activating group) is 1. The number of aromatic hydroxyl groups is 1. The summed E-state index contributed by atoms with van der Waals surface area (Å²) in [6.07, 6.45) is 0. The summed E-state index contributed by atoms with van der Waals surface area (Å²) in [6, 6.07) is 13.4. The van der Waals surface area contributed by atoms with Crippen molar-refractivity contribution in [3.63, 3.8) is 0 Å². The molecule has 1 aliphatic rings. The molecule has 25 heavy (non-hydrogen) atoms. The smallest absolute Gasteiger partial charge is 0.259 e. The maximum atomic E-state index is 12.8. The van der Waals surface area contributed by atoms with Crippen LogP contribution in [-0.4, -0.2) is 39.8 Å². The molecule has 0 saturated heterocycles. The lowest BCUT2D eigenvalue weighted by Crippen LogP contribution is -2.45. The zero-order chi connectivity index (χ0) is 18.1. The molecule has 3 rings (SSSR count). The van der Waals surface area contributed by atoms with Gasteiger partial charge in [-0.1, -0.05) is 43.0 Å². The summed E-state index contributed by atoms with van der Waals surface area (Å²) in [5.41, 5.74) is 2.52. The van der Waals surface area contributed by atoms with Crippen molar-refractivity contribution >= 4 is 17.5 Å². The maximum Gasteiger partial charge on any atom is 0.259 e. The van der Waals surface area contributed by atoms with Gasteiger partial charge in [-0.15, -0.1) is 0 Å². The Balaban J connectivity index is 1.78. The Bertz CT molecular complexity index is 825. The number of phenols is 1. The lowest BCUT2D eigenvalue weighted by molar-refractivity contribution is -0.133. The molecule has 0 aromatic heterocycles. The summed E-state index contributed by atoms with van der Waals surface area (Å²) >= 11 is 0. The molecule has 2 amide bonds. The predicted molar refractivity (Wildman–Crippen MR) is 95.7 cm³/mol. The van der Waals surface area contributed by atoms with Crippen LogP contribution in [0.3, 0.4) is 0 Å². The van der Waals surface area contributed by atoms with E-state index in [1.807, 2.05) is 12.1 Å². The average molecular weight is 336 g/mol. The van der Waals surface area contributed by atoms with Crippen molar-refractivity contribution < 1.29 is 14.7 Å². The number of fused-ring (bicyclic) bond motifs is 1. The Morgan fingerprint density at radius 3 is 2.40 bits per heavy atom. The zero-order valence-electron chi connectivity index (χ0n) is 14.3. The SMILES string of the molecule is C=C1c2ccccc2C(=O)N1C(C)C(=O)N(C)Cc1ccccc1O. The van der Waals surface area contributed by atoms with Crippen molar-refractivity contribution in [1.29, 1.82) is 0 Å². The van der Waals surface area contributed by atoms with Crippen molar-refractivity contribution in [3.8, 4) is 5.75 Å². The van der Waals surface area contributed by atoms with E-state index in [0.29, 0.717) is 16.8 Å². The summed E-state index contributed by atoms with van der Waals surface area (Å²) in [6.45, 7) is 5.94. The molecular formula is C20H20N2O3. The minimum Gasteiger partial charge on any atom is -0.508 e. The molecular weight excluding hydrogens is 316 g/mol. The molecule has 1 N–H and O–H groups in total. The van der Waals surface area contributed by atoms with E-state index in [1.165, 1.54) is 9.80 Å². The fourth-order valence-corrected chi connectivity index (χ4v) is 3.12. The number of hydrogen-bond acceptors (Lipinski definition) is 3. The summed E-state index contributed by atoms with van der Waals surface area (Å²) in [7, 11) is 1.65. The third-order valence-electron chi connectivity index (χ3n) is 4.50. The predicted octanol–water partition coefficient (Wildman–Crippen LogP) is 2.87. The van der Waals surface area contributed by atoms with Crippen LogP contribution in [0.1, 0.15) is 28.4 Å². The van der Waals surface area contributed by atoms with Gasteiger partial charge in [0.25, 0.3) is 5.91 Å². The molecule has 1 atom stereocenters. The highest BCUT2D eigenvalue weighted by molar-refractivity contribution is 6.10. The highest BCUT2D eigenvalue weighted by atomic mass is 16.3. The van der Waals surface area contributed by atoms with Gasteiger partial charge in [-0.05, 0) is 19.1 Å². The van der Waals surface area contributed by atoms with E-state index in [-0.39, 0.29) is 24.1 Å². The number of nitrogens with zero attached hydrogens (tertiary/aromatic N) is 2. The van der Waals surface area contributed by atoms with Crippen LogP contribution in [0.4, 0.5) is 0 Å². The van der Waals surface area contributed by atoms with Crippen molar-refractivity contribution in [2.75, 3.05) is 7.05 Å². The maximum absolute atomic E-state index is 12.8. The Kier molecular flexibility index (Phi) is 4.31. The largest absolute Gasteiger partial charge is 0.508 e. The van der Waals surface area contributed by atoms with Crippen LogP contribution in [0, 0.1) is 0 Å². The minimum absolute atomic E-state index is 0.142. The van der Waals surface area contributed by atoms with Gasteiger partial charge in [0.15, 0.2) is 0 Å². The van der Waals surface area contributed by atoms with Crippen molar-refractivity contribution in [2.45, 2.75) is 19.5 Å². The minimum atomic E-state index is -0.678. The first kappa shape index (κ1) is 16.8. The van der Waals surface area contributed by atoms with E-state index in [9.17, 15) is 14.7 Å². The molecule has 2 aromatic rings. The molecule has 0 fully saturated rings. The molecule has 0 aliphatic carbocycles. The van der Waals surface area contributed by atoms with Crippen molar-refractivity contribution in [3.05, 3.63) is 71.8 Å². The number of carbonyl (C=O) groups is 2. The number of benzene rings is 2. The third-order valence-corrected chi connectivity index (χ3v) is 4.50. The first-order valence-electron chi connectivity index (χ1n) is 8.05. The first-order valence-corrected chi connectivity index (χ1v) is 8.05. The van der Waals surface area contributed by atoms with E-state index in [4.69, 9.17) is 0 Å². The van der Waals surface area contributed by atoms with Crippen LogP contribution >= 0.6 is 0 Å². The molecule has 5 heteroatoms. The number of hydrogen-bond donors (Lipinski definition) is 1. The van der Waals surface area contributed by atoms with Gasteiger partial charge in [0.05, 0.1) is 0 Å². The van der Waals surface area contributed by atoms with Crippen LogP contribution in [0.5, 0.6) is 5.75 Å². The summed E-state index contributed by atoms with van der Waals surface area (Å²) in [5.74, 6) is -0.285. The van der Waals surface area contributed by atoms with E-state index < -0.39 is 6.04 Å². The molecule has 128 valence electrons. The summed E-state index contributed by atoms with van der Waals surface area (Å²) < 4.78 is 0. The zero-order valence-corrected chi connectivity index (χ0v) is 14.3. The third kappa shape index (κ3) is 2.89. The quantitative estimate of drug-likeness (QED) is 0.934. The van der Waals surface area contributed by atoms with Crippen molar-refractivity contribution in [1.82, 2.24) is 9.80 Å². The number of para-hydroxylation sites is 1. The van der Waals surface area contributed by atoms with Crippen LogP contribution < -0.4 is 0 Å². The van der Waals surface area contributed by atoms with Gasteiger partial charge in [-0.3, -0.25) is 14.5 Å². The summed E-state index contributed by atoms with van der Waals surface area (Å²) in [4.78, 5) is 28.4. The Morgan fingerprint density at radius 2 is 1.76 bits per heavy atom. The first-order chi connectivity index (χ1) is 11.9. The second-order valence-corrected chi connectivity index (χ2v) is 6.17. The Labute approximate surface area is 146 Å². The number of phenolic OH excluding ortho intramolecular Hbond substituents is 1. The van der Waals surface area contributed by atoms with Gasteiger partial charge >= 0.3 is 0 Å². The molecule has 0 saturated carbocycles. The van der Waals surface area contributed by atoms with Crippen LogP contribution in [0.15, 0.2) is 55.1 Å². The highest BCUT2D eigenvalue weighted by Gasteiger charge is 2.37. The molecule has 0 spiro atoms. The topological polar surface area (TPSA) is 60.9 Å². The normalized spacial score (nSPS) is 14.4. The highest BCUT2D eigenvalue weighted by Crippen LogP contribution is 2.33. The molecule has 2 aromatic carbocycles. The average Bonchev–Trinajstić information content (AvgIpc) is 2.87. The molecule has 5 nitrogen and oxygen atoms in total. The van der Waals surface area contributed by atoms with Gasteiger partial charge in [0.2, 0.25) is 5.91 Å². The fraction of sp³-hybridized carbons (Fsp3) is 0.200. The molecule has 1 aliphatic heterocycles. The second kappa shape index (κ2) is 6.43. The van der Waals surface area contributed by atoms with Gasteiger partial charge in [0.1, 0.15) is 11.8 Å². The standard InChI is InChI=1S/C20H20N2O3/c1-13-16-9-5-6-10-17(16)20(25)22(13)14(2)19(24)21(3)12-15-8-4-7-11-18(15)23/h4-11,14,23H,1,12H2,2-3H3.